The van der Waals surface area contributed by atoms with Gasteiger partial charge in [0.15, 0.2) is 0 Å². The van der Waals surface area contributed by atoms with Gasteiger partial charge in [-0.05, 0) is 42.3 Å². The summed E-state index contributed by atoms with van der Waals surface area (Å²) in [5.74, 6) is 0.824. The Morgan fingerprint density at radius 3 is 2.75 bits per heavy atom. The lowest BCUT2D eigenvalue weighted by atomic mass is 10.2. The zero-order chi connectivity index (χ0) is 17.1. The molecule has 0 fully saturated rings. The van der Waals surface area contributed by atoms with Crippen LogP contribution in [0.25, 0.3) is 10.2 Å². The van der Waals surface area contributed by atoms with E-state index in [-0.39, 0.29) is 5.91 Å². The van der Waals surface area contributed by atoms with Gasteiger partial charge in [-0.2, -0.15) is 5.10 Å². The molecular formula is C16H15N5O2S. The second-order valence-electron chi connectivity index (χ2n) is 4.97. The van der Waals surface area contributed by atoms with Gasteiger partial charge in [-0.15, -0.1) is 11.3 Å². The van der Waals surface area contributed by atoms with Crippen LogP contribution >= 0.6 is 11.3 Å². The lowest BCUT2D eigenvalue weighted by molar-refractivity contribution is 0.0958. The number of thiophene rings is 1. The summed E-state index contributed by atoms with van der Waals surface area (Å²) in [5.41, 5.74) is 9.97. The summed E-state index contributed by atoms with van der Waals surface area (Å²) in [6, 6.07) is 7.33. The van der Waals surface area contributed by atoms with Crippen molar-refractivity contribution in [2.24, 2.45) is 5.10 Å². The van der Waals surface area contributed by atoms with Crippen LogP contribution < -0.4 is 15.9 Å². The predicted molar refractivity (Wildman–Crippen MR) is 94.6 cm³/mol. The number of nitrogens with two attached hydrogens (primary N) is 1. The molecule has 1 amide bonds. The molecule has 8 heteroatoms. The number of carbonyl (C=O) groups excluding carboxylic acids is 1. The van der Waals surface area contributed by atoms with Crippen molar-refractivity contribution in [1.82, 2.24) is 15.4 Å². The van der Waals surface area contributed by atoms with Crippen molar-refractivity contribution in [1.29, 1.82) is 0 Å². The first kappa shape index (κ1) is 15.9. The molecule has 0 unspecified atom stereocenters. The number of rotatable bonds is 4. The maximum absolute atomic E-state index is 12.3. The number of anilines is 1. The van der Waals surface area contributed by atoms with Crippen molar-refractivity contribution in [2.75, 3.05) is 12.8 Å². The lowest BCUT2D eigenvalue weighted by Crippen LogP contribution is -2.17. The molecule has 0 bridgehead atoms. The molecule has 0 aliphatic carbocycles. The Morgan fingerprint density at radius 2 is 2.08 bits per heavy atom. The highest BCUT2D eigenvalue weighted by Crippen LogP contribution is 2.31. The topological polar surface area (TPSA) is 102 Å². The average molecular weight is 341 g/mol. The van der Waals surface area contributed by atoms with Crippen LogP contribution in [-0.4, -0.2) is 29.2 Å². The molecule has 0 aliphatic rings. The van der Waals surface area contributed by atoms with Crippen LogP contribution in [0.3, 0.4) is 0 Å². The molecule has 0 aliphatic heterocycles. The fraction of sp³-hybridized carbons (Fsp3) is 0.125. The smallest absolute Gasteiger partial charge is 0.281 e. The molecule has 0 atom stereocenters. The molecule has 3 aromatic rings. The summed E-state index contributed by atoms with van der Waals surface area (Å²) in [6.45, 7) is 1.82. The predicted octanol–water partition coefficient (Wildman–Crippen LogP) is 2.35. The first-order valence-electron chi connectivity index (χ1n) is 7.07. The van der Waals surface area contributed by atoms with E-state index in [0.29, 0.717) is 20.9 Å². The zero-order valence-corrected chi connectivity index (χ0v) is 13.9. The Bertz CT molecular complexity index is 918. The first-order chi connectivity index (χ1) is 11.6. The minimum Gasteiger partial charge on any atom is -0.497 e. The molecule has 7 nitrogen and oxygen atoms in total. The third-order valence-corrected chi connectivity index (χ3v) is 4.66. The van der Waals surface area contributed by atoms with Gasteiger partial charge in [-0.1, -0.05) is 0 Å². The number of methoxy groups -OCH3 is 1. The summed E-state index contributed by atoms with van der Waals surface area (Å²) in [6.07, 6.45) is 2.95. The molecule has 122 valence electrons. The molecule has 24 heavy (non-hydrogen) atoms. The van der Waals surface area contributed by atoms with E-state index in [1.54, 1.807) is 13.3 Å². The summed E-state index contributed by atoms with van der Waals surface area (Å²) < 4.78 is 5.09. The van der Waals surface area contributed by atoms with Gasteiger partial charge >= 0.3 is 0 Å². The van der Waals surface area contributed by atoms with Crippen LogP contribution in [-0.2, 0) is 0 Å². The number of nitrogens with zero attached hydrogens (tertiary/aromatic N) is 3. The van der Waals surface area contributed by atoms with E-state index in [1.807, 2.05) is 31.2 Å². The number of aryl methyl sites for hydroxylation is 1. The number of nitrogens with one attached hydrogen (secondary N) is 1. The van der Waals surface area contributed by atoms with Crippen molar-refractivity contribution in [3.63, 3.8) is 0 Å². The van der Waals surface area contributed by atoms with E-state index in [9.17, 15) is 4.79 Å². The number of fused-ring (bicyclic) bond motifs is 1. The highest BCUT2D eigenvalue weighted by molar-refractivity contribution is 7.20. The standard InChI is InChI=1S/C16H15N5O2S/c1-9-12-14(17)18-8-19-16(12)24-13(9)15(22)21-20-7-10-3-5-11(23-2)6-4-10/h3-8H,1-2H3,(H,21,22)(H2,17,18,19)/b20-7-. The van der Waals surface area contributed by atoms with Crippen LogP contribution in [0, 0.1) is 6.92 Å². The van der Waals surface area contributed by atoms with E-state index in [4.69, 9.17) is 10.5 Å². The van der Waals surface area contributed by atoms with Crippen molar-refractivity contribution in [3.05, 3.63) is 46.6 Å². The molecule has 2 aromatic heterocycles. The Labute approximate surface area is 142 Å². The molecular weight excluding hydrogens is 326 g/mol. The summed E-state index contributed by atoms with van der Waals surface area (Å²) in [5, 5.41) is 4.70. The fourth-order valence-electron chi connectivity index (χ4n) is 2.22. The number of hydrazone groups is 1. The summed E-state index contributed by atoms with van der Waals surface area (Å²) in [7, 11) is 1.60. The molecule has 0 spiro atoms. The number of ether oxygens (including phenoxy) is 1. The van der Waals surface area contributed by atoms with Gasteiger partial charge in [0.05, 0.1) is 23.6 Å². The minimum absolute atomic E-state index is 0.306. The van der Waals surface area contributed by atoms with Crippen LogP contribution in [0.1, 0.15) is 20.8 Å². The first-order valence-corrected chi connectivity index (χ1v) is 7.89. The van der Waals surface area contributed by atoms with Crippen LogP contribution in [0.5, 0.6) is 5.75 Å². The summed E-state index contributed by atoms with van der Waals surface area (Å²) in [4.78, 5) is 21.6. The number of nitrogen functional groups attached to an aromatic ring is 1. The minimum atomic E-state index is -0.306. The molecule has 1 aromatic carbocycles. The largest absolute Gasteiger partial charge is 0.497 e. The molecule has 0 radical (unpaired) electrons. The number of benzene rings is 1. The third kappa shape index (κ3) is 3.04. The molecule has 3 N–H and O–H groups in total. The van der Waals surface area contributed by atoms with Gasteiger partial charge in [0.1, 0.15) is 22.7 Å². The van der Waals surface area contributed by atoms with Gasteiger partial charge in [0, 0.05) is 0 Å². The van der Waals surface area contributed by atoms with Gasteiger partial charge in [-0.3, -0.25) is 4.79 Å². The Hall–Kier alpha value is -3.00. The number of carbonyl (C=O) groups is 1. The second-order valence-corrected chi connectivity index (χ2v) is 5.97. The lowest BCUT2D eigenvalue weighted by Gasteiger charge is -2.00. The van der Waals surface area contributed by atoms with Crippen molar-refractivity contribution < 1.29 is 9.53 Å². The van der Waals surface area contributed by atoms with Gasteiger partial charge < -0.3 is 10.5 Å². The fourth-order valence-corrected chi connectivity index (χ4v) is 3.27. The number of aromatic nitrogens is 2. The molecule has 2 heterocycles. The van der Waals surface area contributed by atoms with Gasteiger partial charge in [-0.25, -0.2) is 15.4 Å². The molecule has 0 saturated carbocycles. The highest BCUT2D eigenvalue weighted by Gasteiger charge is 2.17. The molecule has 3 rings (SSSR count). The Balaban J connectivity index is 1.76. The van der Waals surface area contributed by atoms with Crippen molar-refractivity contribution >= 4 is 39.5 Å². The number of hydrogen-bond donors (Lipinski definition) is 2. The van der Waals surface area contributed by atoms with E-state index in [0.717, 1.165) is 16.9 Å². The van der Waals surface area contributed by atoms with Crippen LogP contribution in [0.15, 0.2) is 35.7 Å². The van der Waals surface area contributed by atoms with Gasteiger partial charge in [0.25, 0.3) is 5.91 Å². The summed E-state index contributed by atoms with van der Waals surface area (Å²) >= 11 is 1.26. The Morgan fingerprint density at radius 1 is 1.33 bits per heavy atom. The van der Waals surface area contributed by atoms with E-state index >= 15 is 0 Å². The zero-order valence-electron chi connectivity index (χ0n) is 13.1. The third-order valence-electron chi connectivity index (χ3n) is 3.46. The normalized spacial score (nSPS) is 11.1. The maximum atomic E-state index is 12.3. The second kappa shape index (κ2) is 6.63. The Kier molecular flexibility index (Phi) is 4.39. The van der Waals surface area contributed by atoms with Crippen molar-refractivity contribution in [2.45, 2.75) is 6.92 Å². The monoisotopic (exact) mass is 341 g/mol. The van der Waals surface area contributed by atoms with E-state index in [1.165, 1.54) is 17.7 Å². The van der Waals surface area contributed by atoms with Crippen LogP contribution in [0.4, 0.5) is 5.82 Å². The van der Waals surface area contributed by atoms with Crippen LogP contribution in [0.2, 0.25) is 0 Å². The quantitative estimate of drug-likeness (QED) is 0.560. The average Bonchev–Trinajstić information content (AvgIpc) is 2.93. The van der Waals surface area contributed by atoms with E-state index < -0.39 is 0 Å². The SMILES string of the molecule is COc1ccc(/C=N\NC(=O)c2sc3ncnc(N)c3c2C)cc1. The van der Waals surface area contributed by atoms with E-state index in [2.05, 4.69) is 20.5 Å². The molecule has 0 saturated heterocycles. The number of hydrogen-bond acceptors (Lipinski definition) is 7. The van der Waals surface area contributed by atoms with Crippen molar-refractivity contribution in [3.8, 4) is 5.75 Å². The number of amides is 1. The van der Waals surface area contributed by atoms with Gasteiger partial charge in [0.2, 0.25) is 0 Å². The maximum Gasteiger partial charge on any atom is 0.281 e. The highest BCUT2D eigenvalue weighted by atomic mass is 32.1.